The lowest BCUT2D eigenvalue weighted by Crippen LogP contribution is -2.41. The fourth-order valence-corrected chi connectivity index (χ4v) is 2.44. The second-order valence-electron chi connectivity index (χ2n) is 3.70. The molecule has 6 nitrogen and oxygen atoms in total. The molecule has 0 spiro atoms. The second kappa shape index (κ2) is 6.48. The molecule has 18 heavy (non-hydrogen) atoms. The monoisotopic (exact) mass is 272 g/mol. The predicted molar refractivity (Wildman–Crippen MR) is 67.2 cm³/mol. The lowest BCUT2D eigenvalue weighted by molar-refractivity contribution is -0.139. The topological polar surface area (TPSA) is 95.5 Å². The number of carboxylic acid groups (broad SMARTS) is 1. The summed E-state index contributed by atoms with van der Waals surface area (Å²) in [6.45, 7) is 2.07. The Morgan fingerprint density at radius 1 is 1.33 bits per heavy atom. The normalized spacial score (nSPS) is 13.2. The summed E-state index contributed by atoms with van der Waals surface area (Å²) in [5.74, 6) is -1.25. The van der Waals surface area contributed by atoms with Crippen molar-refractivity contribution in [3.63, 3.8) is 0 Å². The van der Waals surface area contributed by atoms with Crippen molar-refractivity contribution in [1.29, 1.82) is 0 Å². The third-order valence-corrected chi connectivity index (χ3v) is 3.33. The van der Waals surface area contributed by atoms with Gasteiger partial charge in [-0.05, 0) is 12.0 Å². The highest BCUT2D eigenvalue weighted by atomic mass is 32.2. The van der Waals surface area contributed by atoms with E-state index in [1.807, 2.05) is 6.92 Å². The smallest absolute Gasteiger partial charge is 0.326 e. The number of hydrogen-bond acceptors (Lipinski definition) is 3. The zero-order valence-electron chi connectivity index (χ0n) is 9.96. The Bertz CT molecular complexity index is 487. The van der Waals surface area contributed by atoms with Crippen LogP contribution < -0.4 is 9.44 Å². The van der Waals surface area contributed by atoms with Crippen molar-refractivity contribution < 1.29 is 18.3 Å². The largest absolute Gasteiger partial charge is 0.480 e. The average molecular weight is 272 g/mol. The van der Waals surface area contributed by atoms with Crippen LogP contribution in [0.3, 0.4) is 0 Å². The molecule has 7 heteroatoms. The molecular weight excluding hydrogens is 256 g/mol. The molecule has 1 aromatic rings. The van der Waals surface area contributed by atoms with Gasteiger partial charge in [0, 0.05) is 6.54 Å². The molecule has 0 aliphatic rings. The Morgan fingerprint density at radius 2 is 1.94 bits per heavy atom. The molecule has 1 aromatic carbocycles. The molecule has 0 heterocycles. The van der Waals surface area contributed by atoms with E-state index in [4.69, 9.17) is 5.11 Å². The Morgan fingerprint density at radius 3 is 2.44 bits per heavy atom. The lowest BCUT2D eigenvalue weighted by atomic mass is 10.1. The van der Waals surface area contributed by atoms with Gasteiger partial charge in [-0.25, -0.2) is 4.72 Å². The maximum atomic E-state index is 11.6. The van der Waals surface area contributed by atoms with Gasteiger partial charge in [0.15, 0.2) is 0 Å². The molecule has 0 radical (unpaired) electrons. The number of hydrogen-bond donors (Lipinski definition) is 3. The SMILES string of the molecule is CCCNS(=O)(=O)NC(C(=O)O)c1ccccc1. The molecule has 0 fully saturated rings. The van der Waals surface area contributed by atoms with Crippen LogP contribution in [0.5, 0.6) is 0 Å². The van der Waals surface area contributed by atoms with Crippen molar-refractivity contribution >= 4 is 16.2 Å². The molecule has 1 atom stereocenters. The molecule has 0 bridgehead atoms. The van der Waals surface area contributed by atoms with Crippen LogP contribution in [0, 0.1) is 0 Å². The van der Waals surface area contributed by atoms with Crippen molar-refractivity contribution in [2.75, 3.05) is 6.54 Å². The summed E-state index contributed by atoms with van der Waals surface area (Å²) in [7, 11) is -3.82. The van der Waals surface area contributed by atoms with E-state index in [0.717, 1.165) is 0 Å². The zero-order valence-corrected chi connectivity index (χ0v) is 10.8. The first-order valence-corrected chi connectivity index (χ1v) is 6.99. The lowest BCUT2D eigenvalue weighted by Gasteiger charge is -2.15. The highest BCUT2D eigenvalue weighted by Crippen LogP contribution is 2.13. The Balaban J connectivity index is 2.86. The molecule has 1 unspecified atom stereocenters. The van der Waals surface area contributed by atoms with E-state index in [0.29, 0.717) is 12.0 Å². The van der Waals surface area contributed by atoms with E-state index in [-0.39, 0.29) is 6.54 Å². The van der Waals surface area contributed by atoms with Gasteiger partial charge >= 0.3 is 5.97 Å². The molecule has 1 rings (SSSR count). The highest BCUT2D eigenvalue weighted by Gasteiger charge is 2.24. The maximum Gasteiger partial charge on any atom is 0.326 e. The molecule has 0 saturated heterocycles. The number of aliphatic carboxylic acids is 1. The first kappa shape index (κ1) is 14.6. The quantitative estimate of drug-likeness (QED) is 0.679. The van der Waals surface area contributed by atoms with E-state index < -0.39 is 22.2 Å². The molecule has 0 amide bonds. The molecule has 0 saturated carbocycles. The number of nitrogens with one attached hydrogen (secondary N) is 2. The second-order valence-corrected chi connectivity index (χ2v) is 5.23. The third kappa shape index (κ3) is 4.44. The number of carboxylic acids is 1. The highest BCUT2D eigenvalue weighted by molar-refractivity contribution is 7.87. The van der Waals surface area contributed by atoms with Gasteiger partial charge in [0.05, 0.1) is 0 Å². The van der Waals surface area contributed by atoms with Gasteiger partial charge in [-0.3, -0.25) is 4.79 Å². The number of carbonyl (C=O) groups is 1. The molecule has 3 N–H and O–H groups in total. The van der Waals surface area contributed by atoms with Crippen LogP contribution in [0.15, 0.2) is 30.3 Å². The van der Waals surface area contributed by atoms with Crippen LogP contribution in [0.4, 0.5) is 0 Å². The summed E-state index contributed by atoms with van der Waals surface area (Å²) in [5.41, 5.74) is 0.381. The minimum atomic E-state index is -3.82. The standard InChI is InChI=1S/C11H16N2O4S/c1-2-8-12-18(16,17)13-10(11(14)15)9-6-4-3-5-7-9/h3-7,10,12-13H,2,8H2,1H3,(H,14,15). The van der Waals surface area contributed by atoms with Gasteiger partial charge in [-0.1, -0.05) is 37.3 Å². The summed E-state index contributed by atoms with van der Waals surface area (Å²) < 4.78 is 27.6. The minimum absolute atomic E-state index is 0.260. The van der Waals surface area contributed by atoms with Crippen LogP contribution in [-0.4, -0.2) is 26.0 Å². The molecule has 0 aliphatic carbocycles. The van der Waals surface area contributed by atoms with Crippen LogP contribution in [-0.2, 0) is 15.0 Å². The van der Waals surface area contributed by atoms with Gasteiger partial charge < -0.3 is 5.11 Å². The van der Waals surface area contributed by atoms with Gasteiger partial charge in [0.1, 0.15) is 6.04 Å². The Kier molecular flexibility index (Phi) is 5.26. The first-order chi connectivity index (χ1) is 8.46. The Labute approximate surface area is 106 Å². The average Bonchev–Trinajstić information content (AvgIpc) is 2.34. The van der Waals surface area contributed by atoms with Crippen LogP contribution >= 0.6 is 0 Å². The van der Waals surface area contributed by atoms with E-state index in [2.05, 4.69) is 9.44 Å². The summed E-state index contributed by atoms with van der Waals surface area (Å²) in [4.78, 5) is 11.1. The van der Waals surface area contributed by atoms with Gasteiger partial charge in [0.2, 0.25) is 0 Å². The van der Waals surface area contributed by atoms with Crippen molar-refractivity contribution in [3.8, 4) is 0 Å². The molecular formula is C11H16N2O4S. The van der Waals surface area contributed by atoms with Crippen LogP contribution in [0.1, 0.15) is 24.9 Å². The fraction of sp³-hybridized carbons (Fsp3) is 0.364. The van der Waals surface area contributed by atoms with Crippen LogP contribution in [0.2, 0.25) is 0 Å². The maximum absolute atomic E-state index is 11.6. The molecule has 100 valence electrons. The predicted octanol–water partition coefficient (Wildman–Crippen LogP) is 0.646. The van der Waals surface area contributed by atoms with E-state index in [1.54, 1.807) is 30.3 Å². The Hall–Kier alpha value is -1.44. The minimum Gasteiger partial charge on any atom is -0.480 e. The van der Waals surface area contributed by atoms with E-state index in [1.165, 1.54) is 0 Å². The van der Waals surface area contributed by atoms with E-state index in [9.17, 15) is 13.2 Å². The molecule has 0 aliphatic heterocycles. The summed E-state index contributed by atoms with van der Waals surface area (Å²) >= 11 is 0. The van der Waals surface area contributed by atoms with Crippen LogP contribution in [0.25, 0.3) is 0 Å². The van der Waals surface area contributed by atoms with Crippen molar-refractivity contribution in [2.24, 2.45) is 0 Å². The van der Waals surface area contributed by atoms with Gasteiger partial charge in [-0.15, -0.1) is 0 Å². The van der Waals surface area contributed by atoms with Crippen molar-refractivity contribution in [3.05, 3.63) is 35.9 Å². The molecule has 0 aromatic heterocycles. The summed E-state index contributed by atoms with van der Waals surface area (Å²) in [6, 6.07) is 6.85. The first-order valence-electron chi connectivity index (χ1n) is 5.51. The fourth-order valence-electron chi connectivity index (χ4n) is 1.34. The summed E-state index contributed by atoms with van der Waals surface area (Å²) in [5, 5.41) is 9.06. The van der Waals surface area contributed by atoms with Gasteiger partial charge in [-0.2, -0.15) is 13.1 Å². The summed E-state index contributed by atoms with van der Waals surface area (Å²) in [6.07, 6.45) is 0.629. The number of rotatable bonds is 7. The zero-order chi connectivity index (χ0) is 13.6. The van der Waals surface area contributed by atoms with Crippen molar-refractivity contribution in [2.45, 2.75) is 19.4 Å². The number of benzene rings is 1. The third-order valence-electron chi connectivity index (χ3n) is 2.19. The van der Waals surface area contributed by atoms with Crippen molar-refractivity contribution in [1.82, 2.24) is 9.44 Å². The van der Waals surface area contributed by atoms with Gasteiger partial charge in [0.25, 0.3) is 10.2 Å². The van der Waals surface area contributed by atoms with E-state index >= 15 is 0 Å².